The fourth-order valence-corrected chi connectivity index (χ4v) is 4.51. The molecule has 25 heavy (non-hydrogen) atoms. The summed E-state index contributed by atoms with van der Waals surface area (Å²) in [7, 11) is 3.10. The van der Waals surface area contributed by atoms with E-state index in [1.165, 1.54) is 23.1 Å². The first-order valence-corrected chi connectivity index (χ1v) is 9.05. The highest BCUT2D eigenvalue weighted by Gasteiger charge is 2.27. The lowest BCUT2D eigenvalue weighted by atomic mass is 9.92. The van der Waals surface area contributed by atoms with Gasteiger partial charge in [-0.05, 0) is 49.4 Å². The first-order valence-electron chi connectivity index (χ1n) is 8.24. The number of methoxy groups -OCH3 is 2. The number of carbonyl (C=O) groups is 2. The molecule has 0 saturated carbocycles. The number of carbonyl (C=O) groups excluding carboxylic acids is 2. The number of rotatable bonds is 5. The minimum absolute atomic E-state index is 0.0934. The zero-order valence-electron chi connectivity index (χ0n) is 14.6. The molecule has 2 aromatic rings. The second-order valence-electron chi connectivity index (χ2n) is 6.00. The third kappa shape index (κ3) is 3.39. The van der Waals surface area contributed by atoms with Crippen LogP contribution in [0.3, 0.4) is 0 Å². The molecular weight excluding hydrogens is 338 g/mol. The Hall–Kier alpha value is -2.34. The van der Waals surface area contributed by atoms with Crippen LogP contribution < -0.4 is 14.8 Å². The molecule has 5 nitrogen and oxygen atoms in total. The fourth-order valence-electron chi connectivity index (χ4n) is 3.18. The second kappa shape index (κ2) is 7.27. The maximum atomic E-state index is 13.2. The number of amides is 1. The van der Waals surface area contributed by atoms with Crippen molar-refractivity contribution in [1.29, 1.82) is 0 Å². The lowest BCUT2D eigenvalue weighted by Crippen LogP contribution is -2.12. The van der Waals surface area contributed by atoms with Crippen LogP contribution in [0.25, 0.3) is 0 Å². The zero-order valence-corrected chi connectivity index (χ0v) is 15.4. The van der Waals surface area contributed by atoms with Gasteiger partial charge in [-0.2, -0.15) is 0 Å². The second-order valence-corrected chi connectivity index (χ2v) is 7.10. The van der Waals surface area contributed by atoms with Crippen LogP contribution in [0, 0.1) is 0 Å². The molecule has 3 rings (SSSR count). The molecule has 1 aromatic heterocycles. The van der Waals surface area contributed by atoms with Crippen molar-refractivity contribution in [2.45, 2.75) is 32.6 Å². The van der Waals surface area contributed by atoms with E-state index in [4.69, 9.17) is 9.47 Å². The molecule has 132 valence electrons. The summed E-state index contributed by atoms with van der Waals surface area (Å²) in [6, 6.07) is 5.14. The van der Waals surface area contributed by atoms with Gasteiger partial charge in [-0.15, -0.1) is 11.3 Å². The van der Waals surface area contributed by atoms with Crippen LogP contribution in [0.5, 0.6) is 11.5 Å². The topological polar surface area (TPSA) is 64.6 Å². The van der Waals surface area contributed by atoms with Crippen LogP contribution in [0.1, 0.15) is 46.1 Å². The molecule has 1 N–H and O–H groups in total. The molecule has 1 amide bonds. The summed E-state index contributed by atoms with van der Waals surface area (Å²) in [5.41, 5.74) is 2.23. The molecule has 0 saturated heterocycles. The van der Waals surface area contributed by atoms with Crippen molar-refractivity contribution >= 4 is 28.0 Å². The number of hydrogen-bond acceptors (Lipinski definition) is 5. The number of ether oxygens (including phenoxy) is 2. The standard InChI is InChI=1S/C19H21NO4S/c1-11(21)20-19-17(13-6-4-5-7-16(13)25-19)18(22)12-8-9-14(23-2)15(10-12)24-3/h8-10H,4-7H2,1-3H3,(H,20,21). The van der Waals surface area contributed by atoms with E-state index < -0.39 is 0 Å². The Kier molecular flexibility index (Phi) is 5.08. The summed E-state index contributed by atoms with van der Waals surface area (Å²) in [6.07, 6.45) is 4.03. The van der Waals surface area contributed by atoms with E-state index in [-0.39, 0.29) is 11.7 Å². The molecule has 1 heterocycles. The highest BCUT2D eigenvalue weighted by molar-refractivity contribution is 7.17. The Balaban J connectivity index is 2.07. The number of nitrogens with one attached hydrogen (secondary N) is 1. The first kappa shape index (κ1) is 17.5. The van der Waals surface area contributed by atoms with Gasteiger partial charge >= 0.3 is 0 Å². The molecule has 0 fully saturated rings. The predicted octanol–water partition coefficient (Wildman–Crippen LogP) is 3.83. The highest BCUT2D eigenvalue weighted by Crippen LogP contribution is 2.40. The molecule has 0 aliphatic heterocycles. The number of anilines is 1. The van der Waals surface area contributed by atoms with Crippen LogP contribution in [0.2, 0.25) is 0 Å². The van der Waals surface area contributed by atoms with E-state index >= 15 is 0 Å². The number of aryl methyl sites for hydroxylation is 1. The summed E-state index contributed by atoms with van der Waals surface area (Å²) in [5, 5.41) is 3.49. The van der Waals surface area contributed by atoms with Crippen molar-refractivity contribution in [2.75, 3.05) is 19.5 Å². The Morgan fingerprint density at radius 2 is 1.80 bits per heavy atom. The predicted molar refractivity (Wildman–Crippen MR) is 98.2 cm³/mol. The minimum atomic E-state index is -0.167. The number of fused-ring (bicyclic) bond motifs is 1. The maximum absolute atomic E-state index is 13.2. The molecule has 0 spiro atoms. The largest absolute Gasteiger partial charge is 0.493 e. The normalized spacial score (nSPS) is 13.1. The van der Waals surface area contributed by atoms with E-state index in [2.05, 4.69) is 5.32 Å². The van der Waals surface area contributed by atoms with Gasteiger partial charge in [-0.25, -0.2) is 0 Å². The van der Waals surface area contributed by atoms with Gasteiger partial charge in [0.2, 0.25) is 5.91 Å². The zero-order chi connectivity index (χ0) is 18.0. The molecule has 0 bridgehead atoms. The van der Waals surface area contributed by atoms with E-state index in [0.717, 1.165) is 31.2 Å². The Morgan fingerprint density at radius 1 is 1.08 bits per heavy atom. The van der Waals surface area contributed by atoms with Crippen molar-refractivity contribution < 1.29 is 19.1 Å². The van der Waals surface area contributed by atoms with Gasteiger partial charge in [-0.1, -0.05) is 0 Å². The average molecular weight is 359 g/mol. The molecular formula is C19H21NO4S. The van der Waals surface area contributed by atoms with Crippen LogP contribution in [0.4, 0.5) is 5.00 Å². The van der Waals surface area contributed by atoms with Gasteiger partial charge in [0.25, 0.3) is 0 Å². The highest BCUT2D eigenvalue weighted by atomic mass is 32.1. The van der Waals surface area contributed by atoms with Crippen molar-refractivity contribution in [2.24, 2.45) is 0 Å². The SMILES string of the molecule is COc1ccc(C(=O)c2c(NC(C)=O)sc3c2CCCC3)cc1OC. The fraction of sp³-hybridized carbons (Fsp3) is 0.368. The third-order valence-electron chi connectivity index (χ3n) is 4.33. The molecule has 0 unspecified atom stereocenters. The number of thiophene rings is 1. The van der Waals surface area contributed by atoms with E-state index in [0.29, 0.717) is 27.6 Å². The summed E-state index contributed by atoms with van der Waals surface area (Å²) in [4.78, 5) is 26.0. The van der Waals surface area contributed by atoms with E-state index in [1.807, 2.05) is 0 Å². The monoisotopic (exact) mass is 359 g/mol. The summed E-state index contributed by atoms with van der Waals surface area (Å²) >= 11 is 1.52. The van der Waals surface area contributed by atoms with Gasteiger partial charge in [0.15, 0.2) is 17.3 Å². The molecule has 0 radical (unpaired) electrons. The van der Waals surface area contributed by atoms with Gasteiger partial charge in [0.05, 0.1) is 19.8 Å². The van der Waals surface area contributed by atoms with Gasteiger partial charge < -0.3 is 14.8 Å². The minimum Gasteiger partial charge on any atom is -0.493 e. The van der Waals surface area contributed by atoms with Crippen molar-refractivity contribution in [1.82, 2.24) is 0 Å². The third-order valence-corrected chi connectivity index (χ3v) is 5.54. The molecule has 6 heteroatoms. The quantitative estimate of drug-likeness (QED) is 0.824. The summed E-state index contributed by atoms with van der Waals surface area (Å²) < 4.78 is 10.5. The Bertz CT molecular complexity index is 825. The van der Waals surface area contributed by atoms with Crippen molar-refractivity contribution in [3.8, 4) is 11.5 Å². The number of ketones is 1. The average Bonchev–Trinajstić information content (AvgIpc) is 2.97. The van der Waals surface area contributed by atoms with Gasteiger partial charge in [0.1, 0.15) is 5.00 Å². The lowest BCUT2D eigenvalue weighted by molar-refractivity contribution is -0.114. The molecule has 1 aliphatic rings. The van der Waals surface area contributed by atoms with Crippen molar-refractivity contribution in [3.05, 3.63) is 39.8 Å². The van der Waals surface area contributed by atoms with Crippen LogP contribution in [0.15, 0.2) is 18.2 Å². The van der Waals surface area contributed by atoms with Crippen LogP contribution in [-0.4, -0.2) is 25.9 Å². The lowest BCUT2D eigenvalue weighted by Gasteiger charge is -2.13. The van der Waals surface area contributed by atoms with E-state index in [9.17, 15) is 9.59 Å². The van der Waals surface area contributed by atoms with Crippen molar-refractivity contribution in [3.63, 3.8) is 0 Å². The number of benzene rings is 1. The smallest absolute Gasteiger partial charge is 0.221 e. The summed E-state index contributed by atoms with van der Waals surface area (Å²) in [6.45, 7) is 1.46. The number of hydrogen-bond donors (Lipinski definition) is 1. The molecule has 1 aliphatic carbocycles. The van der Waals surface area contributed by atoms with Crippen LogP contribution in [-0.2, 0) is 17.6 Å². The maximum Gasteiger partial charge on any atom is 0.221 e. The molecule has 1 aromatic carbocycles. The first-order chi connectivity index (χ1) is 12.0. The Morgan fingerprint density at radius 3 is 2.48 bits per heavy atom. The summed E-state index contributed by atoms with van der Waals surface area (Å²) in [5.74, 6) is 0.830. The van der Waals surface area contributed by atoms with E-state index in [1.54, 1.807) is 32.4 Å². The van der Waals surface area contributed by atoms with Gasteiger partial charge in [-0.3, -0.25) is 9.59 Å². The van der Waals surface area contributed by atoms with Crippen LogP contribution >= 0.6 is 11.3 Å². The van der Waals surface area contributed by atoms with Gasteiger partial charge in [0, 0.05) is 17.4 Å². The molecule has 0 atom stereocenters. The Labute approximate surface area is 151 Å².